The molecule has 0 fully saturated rings. The molecule has 0 aliphatic rings. The third-order valence-corrected chi connectivity index (χ3v) is 6.16. The lowest BCUT2D eigenvalue weighted by atomic mass is 10.1. The number of ketones is 1. The summed E-state index contributed by atoms with van der Waals surface area (Å²) in [6, 6.07) is 13.8. The Morgan fingerprint density at radius 1 is 1.13 bits per heavy atom. The van der Waals surface area contributed by atoms with E-state index in [0.717, 1.165) is 45.2 Å². The molecule has 4 aromatic rings. The number of aromatic nitrogens is 4. The number of thioether (sulfide) groups is 1. The second-order valence-electron chi connectivity index (χ2n) is 6.86. The Morgan fingerprint density at radius 3 is 2.73 bits per heavy atom. The van der Waals surface area contributed by atoms with Gasteiger partial charge in [0.1, 0.15) is 5.75 Å². The molecule has 30 heavy (non-hydrogen) atoms. The molecule has 0 saturated heterocycles. The van der Waals surface area contributed by atoms with E-state index >= 15 is 0 Å². The number of methoxy groups -OCH3 is 1. The Morgan fingerprint density at radius 2 is 1.97 bits per heavy atom. The average Bonchev–Trinajstić information content (AvgIpc) is 3.41. The van der Waals surface area contributed by atoms with Crippen LogP contribution in [0.1, 0.15) is 29.8 Å². The molecular formula is C23H24N4O2S. The van der Waals surface area contributed by atoms with Gasteiger partial charge in [0.05, 0.1) is 18.4 Å². The van der Waals surface area contributed by atoms with Gasteiger partial charge < -0.3 is 14.3 Å². The van der Waals surface area contributed by atoms with Crippen LogP contribution in [0, 0.1) is 0 Å². The van der Waals surface area contributed by atoms with Crippen molar-refractivity contribution >= 4 is 28.4 Å². The predicted octanol–water partition coefficient (Wildman–Crippen LogP) is 4.99. The van der Waals surface area contributed by atoms with Gasteiger partial charge in [0.2, 0.25) is 0 Å². The van der Waals surface area contributed by atoms with Gasteiger partial charge in [-0.2, -0.15) is 0 Å². The first-order valence-corrected chi connectivity index (χ1v) is 11.0. The molecule has 0 aliphatic heterocycles. The normalized spacial score (nSPS) is 11.2. The van der Waals surface area contributed by atoms with Crippen LogP contribution < -0.4 is 4.74 Å². The van der Waals surface area contributed by atoms with Gasteiger partial charge in [-0.05, 0) is 31.0 Å². The van der Waals surface area contributed by atoms with Crippen molar-refractivity contribution in [1.82, 2.24) is 19.7 Å². The second-order valence-corrected chi connectivity index (χ2v) is 7.80. The monoisotopic (exact) mass is 420 g/mol. The number of nitrogens with zero attached hydrogens (tertiary/aromatic N) is 3. The van der Waals surface area contributed by atoms with Crippen molar-refractivity contribution in [3.05, 3.63) is 59.8 Å². The summed E-state index contributed by atoms with van der Waals surface area (Å²) in [6.07, 6.45) is 2.74. The van der Waals surface area contributed by atoms with Crippen LogP contribution in [-0.2, 0) is 13.0 Å². The van der Waals surface area contributed by atoms with Crippen molar-refractivity contribution in [2.75, 3.05) is 12.9 Å². The summed E-state index contributed by atoms with van der Waals surface area (Å²) in [5.74, 6) is 1.86. The number of para-hydroxylation sites is 2. The minimum Gasteiger partial charge on any atom is -0.496 e. The van der Waals surface area contributed by atoms with Gasteiger partial charge in [-0.3, -0.25) is 4.79 Å². The maximum atomic E-state index is 13.0. The second kappa shape index (κ2) is 8.75. The number of carbonyl (C=O) groups is 1. The zero-order chi connectivity index (χ0) is 21.1. The van der Waals surface area contributed by atoms with Crippen molar-refractivity contribution < 1.29 is 9.53 Å². The third kappa shape index (κ3) is 3.61. The summed E-state index contributed by atoms with van der Waals surface area (Å²) >= 11 is 1.41. The highest BCUT2D eigenvalue weighted by atomic mass is 32.2. The summed E-state index contributed by atoms with van der Waals surface area (Å²) in [5.41, 5.74) is 3.87. The summed E-state index contributed by atoms with van der Waals surface area (Å²) in [7, 11) is 1.64. The first-order chi connectivity index (χ1) is 14.7. The first-order valence-electron chi connectivity index (χ1n) is 9.99. The maximum absolute atomic E-state index is 13.0. The summed E-state index contributed by atoms with van der Waals surface area (Å²) in [4.78, 5) is 16.2. The Labute approximate surface area is 179 Å². The molecule has 0 unspecified atom stereocenters. The summed E-state index contributed by atoms with van der Waals surface area (Å²) in [5, 5.41) is 10.4. The number of hydrogen-bond acceptors (Lipinski definition) is 5. The van der Waals surface area contributed by atoms with E-state index in [-0.39, 0.29) is 5.78 Å². The van der Waals surface area contributed by atoms with Gasteiger partial charge >= 0.3 is 0 Å². The highest BCUT2D eigenvalue weighted by Crippen LogP contribution is 2.31. The van der Waals surface area contributed by atoms with Crippen LogP contribution in [0.5, 0.6) is 5.75 Å². The SMILES string of the molecule is CCc1cccc2c(C(=O)CSc3nnc(-c4ccccc4OC)n3CC)c[nH]c12. The molecule has 0 amide bonds. The van der Waals surface area contributed by atoms with Gasteiger partial charge in [-0.25, -0.2) is 0 Å². The molecule has 7 heteroatoms. The highest BCUT2D eigenvalue weighted by Gasteiger charge is 2.19. The third-order valence-electron chi connectivity index (χ3n) is 5.20. The standard InChI is InChI=1S/C23H24N4O2S/c1-4-15-9-8-11-16-18(13-24-21(15)16)19(28)14-30-23-26-25-22(27(23)5-2)17-10-6-7-12-20(17)29-3/h6-13,24H,4-5,14H2,1-3H3. The van der Waals surface area contributed by atoms with Gasteiger partial charge in [-0.1, -0.05) is 49.0 Å². The van der Waals surface area contributed by atoms with E-state index in [9.17, 15) is 4.79 Å². The van der Waals surface area contributed by atoms with Gasteiger partial charge in [-0.15, -0.1) is 10.2 Å². The highest BCUT2D eigenvalue weighted by molar-refractivity contribution is 7.99. The number of aromatic amines is 1. The van der Waals surface area contributed by atoms with E-state index in [4.69, 9.17) is 4.74 Å². The van der Waals surface area contributed by atoms with Crippen molar-refractivity contribution in [3.63, 3.8) is 0 Å². The molecule has 0 bridgehead atoms. The molecule has 6 nitrogen and oxygen atoms in total. The minimum atomic E-state index is 0.0731. The van der Waals surface area contributed by atoms with Crippen LogP contribution in [0.2, 0.25) is 0 Å². The maximum Gasteiger partial charge on any atom is 0.191 e. The molecular weight excluding hydrogens is 396 g/mol. The van der Waals surface area contributed by atoms with E-state index in [0.29, 0.717) is 12.3 Å². The van der Waals surface area contributed by atoms with Crippen LogP contribution in [0.4, 0.5) is 0 Å². The number of fused-ring (bicyclic) bond motifs is 1. The molecule has 0 aliphatic carbocycles. The van der Waals surface area contributed by atoms with Crippen molar-refractivity contribution in [1.29, 1.82) is 0 Å². The molecule has 0 atom stereocenters. The fourth-order valence-corrected chi connectivity index (χ4v) is 4.55. The van der Waals surface area contributed by atoms with Crippen LogP contribution in [0.15, 0.2) is 53.8 Å². The Kier molecular flexibility index (Phi) is 5.90. The molecule has 0 radical (unpaired) electrons. The molecule has 2 aromatic carbocycles. The van der Waals surface area contributed by atoms with E-state index in [1.807, 2.05) is 54.1 Å². The van der Waals surface area contributed by atoms with E-state index in [1.54, 1.807) is 7.11 Å². The van der Waals surface area contributed by atoms with Crippen LogP contribution >= 0.6 is 11.8 Å². The smallest absolute Gasteiger partial charge is 0.191 e. The fourth-order valence-electron chi connectivity index (χ4n) is 3.66. The zero-order valence-electron chi connectivity index (χ0n) is 17.3. The van der Waals surface area contributed by atoms with Crippen molar-refractivity contribution in [2.45, 2.75) is 32.0 Å². The number of aryl methyl sites for hydroxylation is 1. The van der Waals surface area contributed by atoms with Gasteiger partial charge in [0.15, 0.2) is 16.8 Å². The molecule has 0 spiro atoms. The van der Waals surface area contributed by atoms with E-state index in [1.165, 1.54) is 17.3 Å². The molecule has 154 valence electrons. The number of rotatable bonds is 8. The Hall–Kier alpha value is -3.06. The van der Waals surface area contributed by atoms with Crippen LogP contribution in [0.25, 0.3) is 22.3 Å². The fraction of sp³-hybridized carbons (Fsp3) is 0.261. The molecule has 2 heterocycles. The minimum absolute atomic E-state index is 0.0731. The predicted molar refractivity (Wildman–Crippen MR) is 120 cm³/mol. The molecule has 0 saturated carbocycles. The van der Waals surface area contributed by atoms with Gasteiger partial charge in [0, 0.05) is 29.2 Å². The molecule has 2 aromatic heterocycles. The number of Topliss-reactive ketones (excluding diaryl/α,β-unsaturated/α-hetero) is 1. The number of H-pyrrole nitrogens is 1. The Bertz CT molecular complexity index is 1200. The topological polar surface area (TPSA) is 72.8 Å². The lowest BCUT2D eigenvalue weighted by Crippen LogP contribution is -2.05. The summed E-state index contributed by atoms with van der Waals surface area (Å²) in [6.45, 7) is 4.85. The largest absolute Gasteiger partial charge is 0.496 e. The lowest BCUT2D eigenvalue weighted by molar-refractivity contribution is 0.102. The van der Waals surface area contributed by atoms with E-state index < -0.39 is 0 Å². The quantitative estimate of drug-likeness (QED) is 0.321. The number of benzene rings is 2. The number of hydrogen-bond donors (Lipinski definition) is 1. The Balaban J connectivity index is 1.58. The van der Waals surface area contributed by atoms with Gasteiger partial charge in [0.25, 0.3) is 0 Å². The van der Waals surface area contributed by atoms with Crippen LogP contribution in [0.3, 0.4) is 0 Å². The molecule has 4 rings (SSSR count). The van der Waals surface area contributed by atoms with E-state index in [2.05, 4.69) is 28.2 Å². The average molecular weight is 421 g/mol. The first kappa shape index (κ1) is 20.2. The zero-order valence-corrected chi connectivity index (χ0v) is 18.1. The van der Waals surface area contributed by atoms with Crippen LogP contribution in [-0.4, -0.2) is 38.4 Å². The van der Waals surface area contributed by atoms with Crippen molar-refractivity contribution in [2.24, 2.45) is 0 Å². The number of nitrogens with one attached hydrogen (secondary N) is 1. The summed E-state index contributed by atoms with van der Waals surface area (Å²) < 4.78 is 7.48. The lowest BCUT2D eigenvalue weighted by Gasteiger charge is -2.10. The molecule has 1 N–H and O–H groups in total. The number of carbonyl (C=O) groups excluding carboxylic acids is 1. The number of ether oxygens (including phenoxy) is 1. The van der Waals surface area contributed by atoms with Crippen molar-refractivity contribution in [3.8, 4) is 17.1 Å².